The molecule has 3 heteroatoms. The third kappa shape index (κ3) is 2.08. The van der Waals surface area contributed by atoms with Gasteiger partial charge < -0.3 is 5.11 Å². The highest BCUT2D eigenvalue weighted by Gasteiger charge is 1.95. The maximum atomic E-state index is 8.70. The first-order chi connectivity index (χ1) is 4.83. The molecule has 0 aromatic carbocycles. The number of hydrogen-bond acceptors (Lipinski definition) is 2. The van der Waals surface area contributed by atoms with Crippen molar-refractivity contribution in [3.8, 4) is 0 Å². The van der Waals surface area contributed by atoms with Crippen molar-refractivity contribution in [1.29, 1.82) is 0 Å². The standard InChI is InChI=1S/C7H8BrNO/c8-7-2-1-6(5-10)3-9-4-7/h1,3-4,10H,2,5H2. The number of hydrogen-bond donors (Lipinski definition) is 1. The van der Waals surface area contributed by atoms with Crippen LogP contribution in [-0.2, 0) is 0 Å². The van der Waals surface area contributed by atoms with Crippen molar-refractivity contribution in [3.63, 3.8) is 0 Å². The van der Waals surface area contributed by atoms with Crippen LogP contribution in [0.3, 0.4) is 0 Å². The van der Waals surface area contributed by atoms with Gasteiger partial charge in [0, 0.05) is 16.9 Å². The Morgan fingerprint density at radius 2 is 2.50 bits per heavy atom. The largest absolute Gasteiger partial charge is 0.392 e. The third-order valence-electron chi connectivity index (χ3n) is 1.20. The minimum absolute atomic E-state index is 0.0671. The summed E-state index contributed by atoms with van der Waals surface area (Å²) in [5.74, 6) is 0. The van der Waals surface area contributed by atoms with Crippen LogP contribution in [0, 0.1) is 0 Å². The molecule has 0 fully saturated rings. The Balaban J connectivity index is 2.69. The number of aliphatic imine (C=N–C) groups is 1. The van der Waals surface area contributed by atoms with E-state index < -0.39 is 0 Å². The van der Waals surface area contributed by atoms with E-state index in [1.165, 1.54) is 0 Å². The van der Waals surface area contributed by atoms with E-state index >= 15 is 0 Å². The SMILES string of the molecule is OCC1=CCC(Br)=CN=C1. The van der Waals surface area contributed by atoms with Crippen molar-refractivity contribution >= 4 is 22.1 Å². The Bertz CT molecular complexity index is 206. The summed E-state index contributed by atoms with van der Waals surface area (Å²) < 4.78 is 1.03. The van der Waals surface area contributed by atoms with E-state index in [4.69, 9.17) is 5.11 Å². The summed E-state index contributed by atoms with van der Waals surface area (Å²) in [4.78, 5) is 3.94. The van der Waals surface area contributed by atoms with Crippen molar-refractivity contribution < 1.29 is 5.11 Å². The van der Waals surface area contributed by atoms with Crippen LogP contribution in [-0.4, -0.2) is 17.9 Å². The second kappa shape index (κ2) is 3.68. The van der Waals surface area contributed by atoms with Crippen LogP contribution < -0.4 is 0 Å². The Morgan fingerprint density at radius 1 is 1.70 bits per heavy atom. The van der Waals surface area contributed by atoms with E-state index in [-0.39, 0.29) is 6.61 Å². The lowest BCUT2D eigenvalue weighted by molar-refractivity contribution is 0.337. The average molecular weight is 202 g/mol. The smallest absolute Gasteiger partial charge is 0.0693 e. The Kier molecular flexibility index (Phi) is 2.83. The zero-order valence-corrected chi connectivity index (χ0v) is 7.00. The maximum Gasteiger partial charge on any atom is 0.0693 e. The molecule has 1 N–H and O–H groups in total. The quantitative estimate of drug-likeness (QED) is 0.688. The van der Waals surface area contributed by atoms with E-state index in [0.717, 1.165) is 16.5 Å². The van der Waals surface area contributed by atoms with Crippen LogP contribution in [0.25, 0.3) is 0 Å². The van der Waals surface area contributed by atoms with E-state index in [1.54, 1.807) is 12.4 Å². The summed E-state index contributed by atoms with van der Waals surface area (Å²) in [6.07, 6.45) is 6.15. The Labute approximate surface area is 68.1 Å². The lowest BCUT2D eigenvalue weighted by atomic mass is 10.2. The molecule has 0 bridgehead atoms. The summed E-state index contributed by atoms with van der Waals surface area (Å²) in [6, 6.07) is 0. The van der Waals surface area contributed by atoms with Crippen molar-refractivity contribution in [2.75, 3.05) is 6.61 Å². The van der Waals surface area contributed by atoms with Gasteiger partial charge in [0.1, 0.15) is 0 Å². The molecule has 0 amide bonds. The van der Waals surface area contributed by atoms with Gasteiger partial charge in [-0.15, -0.1) is 0 Å². The minimum Gasteiger partial charge on any atom is -0.392 e. The van der Waals surface area contributed by atoms with E-state index in [2.05, 4.69) is 20.9 Å². The topological polar surface area (TPSA) is 32.6 Å². The zero-order chi connectivity index (χ0) is 7.40. The van der Waals surface area contributed by atoms with Gasteiger partial charge in [0.2, 0.25) is 0 Å². The first kappa shape index (κ1) is 7.69. The second-order valence-corrected chi connectivity index (χ2v) is 3.01. The molecule has 10 heavy (non-hydrogen) atoms. The molecule has 0 saturated heterocycles. The molecule has 1 aliphatic heterocycles. The van der Waals surface area contributed by atoms with E-state index in [1.807, 2.05) is 6.08 Å². The number of aliphatic hydroxyl groups excluding tert-OH is 1. The normalized spacial score (nSPS) is 17.8. The van der Waals surface area contributed by atoms with Gasteiger partial charge in [0.05, 0.1) is 6.61 Å². The first-order valence-electron chi connectivity index (χ1n) is 3.00. The third-order valence-corrected chi connectivity index (χ3v) is 1.73. The van der Waals surface area contributed by atoms with Gasteiger partial charge in [0.25, 0.3) is 0 Å². The number of rotatable bonds is 1. The molecule has 0 unspecified atom stereocenters. The van der Waals surface area contributed by atoms with Gasteiger partial charge in [0.15, 0.2) is 0 Å². The second-order valence-electron chi connectivity index (χ2n) is 2.00. The molecule has 0 aromatic heterocycles. The van der Waals surface area contributed by atoms with Crippen LogP contribution in [0.5, 0.6) is 0 Å². The molecule has 1 aliphatic rings. The fourth-order valence-electron chi connectivity index (χ4n) is 0.653. The highest BCUT2D eigenvalue weighted by atomic mass is 79.9. The van der Waals surface area contributed by atoms with Gasteiger partial charge >= 0.3 is 0 Å². The molecular weight excluding hydrogens is 194 g/mol. The highest BCUT2D eigenvalue weighted by molar-refractivity contribution is 9.11. The predicted molar refractivity (Wildman–Crippen MR) is 45.3 cm³/mol. The zero-order valence-electron chi connectivity index (χ0n) is 5.42. The minimum atomic E-state index is 0.0671. The van der Waals surface area contributed by atoms with Gasteiger partial charge in [-0.05, 0) is 12.0 Å². The van der Waals surface area contributed by atoms with Crippen LogP contribution in [0.4, 0.5) is 0 Å². The molecule has 0 aromatic rings. The van der Waals surface area contributed by atoms with Crippen LogP contribution in [0.15, 0.2) is 27.3 Å². The molecule has 0 aliphatic carbocycles. The van der Waals surface area contributed by atoms with Gasteiger partial charge in [-0.3, -0.25) is 4.99 Å². The highest BCUT2D eigenvalue weighted by Crippen LogP contribution is 2.14. The van der Waals surface area contributed by atoms with Crippen molar-refractivity contribution in [2.45, 2.75) is 6.42 Å². The molecule has 0 spiro atoms. The van der Waals surface area contributed by atoms with E-state index in [0.29, 0.717) is 0 Å². The van der Waals surface area contributed by atoms with Crippen LogP contribution in [0.2, 0.25) is 0 Å². The molecule has 54 valence electrons. The maximum absolute atomic E-state index is 8.70. The van der Waals surface area contributed by atoms with E-state index in [9.17, 15) is 0 Å². The lowest BCUT2D eigenvalue weighted by Gasteiger charge is -1.90. The molecular formula is C7H8BrNO. The van der Waals surface area contributed by atoms with Crippen LogP contribution in [0.1, 0.15) is 6.42 Å². The number of allylic oxidation sites excluding steroid dienone is 2. The first-order valence-corrected chi connectivity index (χ1v) is 3.80. The predicted octanol–water partition coefficient (Wildman–Crippen LogP) is 1.62. The average Bonchev–Trinajstić information content (AvgIpc) is 2.14. The van der Waals surface area contributed by atoms with Crippen molar-refractivity contribution in [2.24, 2.45) is 4.99 Å². The van der Waals surface area contributed by atoms with Crippen molar-refractivity contribution in [1.82, 2.24) is 0 Å². The number of halogens is 1. The lowest BCUT2D eigenvalue weighted by Crippen LogP contribution is -1.89. The Hall–Kier alpha value is -0.410. The fraction of sp³-hybridized carbons (Fsp3) is 0.286. The summed E-state index contributed by atoms with van der Waals surface area (Å²) >= 11 is 3.32. The van der Waals surface area contributed by atoms with Crippen LogP contribution >= 0.6 is 15.9 Å². The van der Waals surface area contributed by atoms with Gasteiger partial charge in [-0.2, -0.15) is 0 Å². The molecule has 1 rings (SSSR count). The molecule has 0 radical (unpaired) electrons. The molecule has 2 nitrogen and oxygen atoms in total. The number of aliphatic hydroxyl groups is 1. The molecule has 1 heterocycles. The molecule has 0 saturated carbocycles. The fourth-order valence-corrected chi connectivity index (χ4v) is 0.933. The monoisotopic (exact) mass is 201 g/mol. The van der Waals surface area contributed by atoms with Gasteiger partial charge in [-0.1, -0.05) is 22.0 Å². The summed E-state index contributed by atoms with van der Waals surface area (Å²) in [5.41, 5.74) is 0.866. The Morgan fingerprint density at radius 3 is 3.20 bits per heavy atom. The number of nitrogens with zero attached hydrogens (tertiary/aromatic N) is 1. The summed E-state index contributed by atoms with van der Waals surface area (Å²) in [6.45, 7) is 0.0671. The molecule has 0 atom stereocenters. The van der Waals surface area contributed by atoms with Gasteiger partial charge in [-0.25, -0.2) is 0 Å². The summed E-state index contributed by atoms with van der Waals surface area (Å²) in [5, 5.41) is 8.70. The summed E-state index contributed by atoms with van der Waals surface area (Å²) in [7, 11) is 0. The van der Waals surface area contributed by atoms with Crippen molar-refractivity contribution in [3.05, 3.63) is 22.3 Å².